The Hall–Kier alpha value is -1.17. The maximum absolute atomic E-state index is 11.2. The number of aromatic carboxylic acids is 1. The lowest BCUT2D eigenvalue weighted by Gasteiger charge is -2.21. The number of rotatable bonds is 6. The van der Waals surface area contributed by atoms with E-state index in [9.17, 15) is 9.90 Å². The summed E-state index contributed by atoms with van der Waals surface area (Å²) in [6.07, 6.45) is 2.47. The van der Waals surface area contributed by atoms with Crippen molar-refractivity contribution in [2.75, 3.05) is 0 Å². The predicted molar refractivity (Wildman–Crippen MR) is 77.9 cm³/mol. The zero-order valence-corrected chi connectivity index (χ0v) is 12.0. The molecule has 2 aromatic rings. The first-order valence-corrected chi connectivity index (χ1v) is 8.11. The Bertz CT molecular complexity index is 558. The van der Waals surface area contributed by atoms with Crippen molar-refractivity contribution in [1.29, 1.82) is 0 Å². The Labute approximate surface area is 120 Å². The van der Waals surface area contributed by atoms with E-state index >= 15 is 0 Å². The summed E-state index contributed by atoms with van der Waals surface area (Å²) in [5.74, 6) is -0.809. The molecule has 0 unspecified atom stereocenters. The minimum atomic E-state index is -0.809. The smallest absolute Gasteiger partial charge is 0.346 e. The van der Waals surface area contributed by atoms with Crippen LogP contribution in [0.15, 0.2) is 28.3 Å². The van der Waals surface area contributed by atoms with Crippen LogP contribution in [0.5, 0.6) is 0 Å². The summed E-state index contributed by atoms with van der Waals surface area (Å²) in [6, 6.07) is 4.71. The van der Waals surface area contributed by atoms with Gasteiger partial charge in [0.15, 0.2) is 0 Å². The van der Waals surface area contributed by atoms with Gasteiger partial charge in [0.1, 0.15) is 4.88 Å². The third-order valence-corrected chi connectivity index (χ3v) is 5.02. The summed E-state index contributed by atoms with van der Waals surface area (Å²) < 4.78 is 0. The van der Waals surface area contributed by atoms with Gasteiger partial charge in [0.2, 0.25) is 0 Å². The van der Waals surface area contributed by atoms with Gasteiger partial charge < -0.3 is 5.11 Å². The first-order chi connectivity index (χ1) is 9.24. The maximum Gasteiger partial charge on any atom is 0.346 e. The summed E-state index contributed by atoms with van der Waals surface area (Å²) in [7, 11) is 0. The van der Waals surface area contributed by atoms with Crippen LogP contribution < -0.4 is 0 Å². The molecule has 0 amide bonds. The van der Waals surface area contributed by atoms with Crippen LogP contribution in [0.2, 0.25) is 0 Å². The standard InChI is InChI=1S/C14H15NO2S2/c16-14(17)13-11(4-6-19-13)8-15(12-1-2-12)7-10-3-5-18-9-10/h3-6,9,12H,1-2,7-8H2,(H,16,17). The normalized spacial score (nSPS) is 15.0. The largest absolute Gasteiger partial charge is 0.477 e. The fraction of sp³-hybridized carbons (Fsp3) is 0.357. The van der Waals surface area contributed by atoms with Gasteiger partial charge in [-0.05, 0) is 52.2 Å². The fourth-order valence-electron chi connectivity index (χ4n) is 2.24. The predicted octanol–water partition coefficient (Wildman–Crippen LogP) is 3.67. The molecule has 0 aromatic carbocycles. The molecule has 19 heavy (non-hydrogen) atoms. The molecule has 3 nitrogen and oxygen atoms in total. The molecule has 5 heteroatoms. The molecule has 0 aliphatic heterocycles. The number of nitrogens with zero attached hydrogens (tertiary/aromatic N) is 1. The van der Waals surface area contributed by atoms with E-state index in [0.717, 1.165) is 18.7 Å². The van der Waals surface area contributed by atoms with Gasteiger partial charge in [-0.2, -0.15) is 11.3 Å². The topological polar surface area (TPSA) is 40.5 Å². The molecule has 0 radical (unpaired) electrons. The molecule has 0 saturated heterocycles. The van der Waals surface area contributed by atoms with E-state index in [-0.39, 0.29) is 0 Å². The van der Waals surface area contributed by atoms with E-state index in [1.807, 2.05) is 11.4 Å². The lowest BCUT2D eigenvalue weighted by Crippen LogP contribution is -2.25. The molecule has 2 aromatic heterocycles. The quantitative estimate of drug-likeness (QED) is 0.883. The first kappa shape index (κ1) is 12.8. The van der Waals surface area contributed by atoms with Crippen LogP contribution in [-0.2, 0) is 13.1 Å². The summed E-state index contributed by atoms with van der Waals surface area (Å²) in [5.41, 5.74) is 2.27. The minimum absolute atomic E-state index is 0.482. The molecular weight excluding hydrogens is 278 g/mol. The van der Waals surface area contributed by atoms with Gasteiger partial charge >= 0.3 is 5.97 Å². The van der Waals surface area contributed by atoms with Crippen LogP contribution in [0.1, 0.15) is 33.6 Å². The summed E-state index contributed by atoms with van der Waals surface area (Å²) >= 11 is 3.03. The summed E-state index contributed by atoms with van der Waals surface area (Å²) in [4.78, 5) is 14.0. The SMILES string of the molecule is O=C(O)c1sccc1CN(Cc1ccsc1)C1CC1. The van der Waals surface area contributed by atoms with E-state index in [1.54, 1.807) is 11.3 Å². The molecule has 1 N–H and O–H groups in total. The van der Waals surface area contributed by atoms with Crippen molar-refractivity contribution in [2.24, 2.45) is 0 Å². The average Bonchev–Trinajstić information content (AvgIpc) is 2.90. The molecule has 2 heterocycles. The number of carbonyl (C=O) groups is 1. The zero-order chi connectivity index (χ0) is 13.2. The van der Waals surface area contributed by atoms with Gasteiger partial charge in [-0.1, -0.05) is 0 Å². The Kier molecular flexibility index (Phi) is 3.68. The fourth-order valence-corrected chi connectivity index (χ4v) is 3.65. The van der Waals surface area contributed by atoms with Gasteiger partial charge in [0.25, 0.3) is 0 Å². The number of carboxylic acid groups (broad SMARTS) is 1. The van der Waals surface area contributed by atoms with Crippen LogP contribution in [0.25, 0.3) is 0 Å². The van der Waals surface area contributed by atoms with Gasteiger partial charge in [0.05, 0.1) is 0 Å². The molecule has 0 atom stereocenters. The third-order valence-electron chi connectivity index (χ3n) is 3.34. The highest BCUT2D eigenvalue weighted by Crippen LogP contribution is 2.31. The van der Waals surface area contributed by atoms with E-state index in [2.05, 4.69) is 21.7 Å². The highest BCUT2D eigenvalue weighted by molar-refractivity contribution is 7.12. The molecule has 0 bridgehead atoms. The highest BCUT2D eigenvalue weighted by Gasteiger charge is 2.30. The van der Waals surface area contributed by atoms with Crippen LogP contribution in [0.3, 0.4) is 0 Å². The lowest BCUT2D eigenvalue weighted by atomic mass is 10.2. The minimum Gasteiger partial charge on any atom is -0.477 e. The molecule has 100 valence electrons. The first-order valence-electron chi connectivity index (χ1n) is 6.29. The Balaban J connectivity index is 1.74. The van der Waals surface area contributed by atoms with Crippen LogP contribution >= 0.6 is 22.7 Å². The molecular formula is C14H15NO2S2. The highest BCUT2D eigenvalue weighted by atomic mass is 32.1. The second kappa shape index (κ2) is 5.45. The Morgan fingerprint density at radius 1 is 1.32 bits per heavy atom. The van der Waals surface area contributed by atoms with E-state index in [4.69, 9.17) is 0 Å². The second-order valence-corrected chi connectivity index (χ2v) is 6.54. The summed E-state index contributed by atoms with van der Waals surface area (Å²) in [6.45, 7) is 1.66. The number of hydrogen-bond donors (Lipinski definition) is 1. The molecule has 1 aliphatic carbocycles. The number of carboxylic acids is 1. The van der Waals surface area contributed by atoms with Crippen LogP contribution in [0.4, 0.5) is 0 Å². The van der Waals surface area contributed by atoms with Crippen molar-refractivity contribution >= 4 is 28.6 Å². The van der Waals surface area contributed by atoms with Crippen molar-refractivity contribution in [3.8, 4) is 0 Å². The van der Waals surface area contributed by atoms with Crippen molar-refractivity contribution < 1.29 is 9.90 Å². The molecule has 1 saturated carbocycles. The maximum atomic E-state index is 11.2. The number of hydrogen-bond acceptors (Lipinski definition) is 4. The van der Waals surface area contributed by atoms with Crippen molar-refractivity contribution in [3.05, 3.63) is 44.3 Å². The Morgan fingerprint density at radius 3 is 2.79 bits per heavy atom. The van der Waals surface area contributed by atoms with Gasteiger partial charge in [-0.25, -0.2) is 4.79 Å². The van der Waals surface area contributed by atoms with E-state index in [1.165, 1.54) is 29.7 Å². The van der Waals surface area contributed by atoms with Crippen molar-refractivity contribution in [3.63, 3.8) is 0 Å². The van der Waals surface area contributed by atoms with Crippen molar-refractivity contribution in [2.45, 2.75) is 32.0 Å². The zero-order valence-electron chi connectivity index (χ0n) is 10.4. The molecule has 3 rings (SSSR count). The lowest BCUT2D eigenvalue weighted by molar-refractivity contribution is 0.0699. The van der Waals surface area contributed by atoms with Crippen LogP contribution in [0, 0.1) is 0 Å². The monoisotopic (exact) mass is 293 g/mol. The van der Waals surface area contributed by atoms with Gasteiger partial charge in [-0.15, -0.1) is 11.3 Å². The summed E-state index contributed by atoms with van der Waals surface area (Å²) in [5, 5.41) is 15.3. The molecule has 0 spiro atoms. The van der Waals surface area contributed by atoms with E-state index < -0.39 is 5.97 Å². The van der Waals surface area contributed by atoms with Crippen LogP contribution in [-0.4, -0.2) is 22.0 Å². The number of thiophene rings is 2. The van der Waals surface area contributed by atoms with Gasteiger partial charge in [-0.3, -0.25) is 4.90 Å². The second-order valence-electron chi connectivity index (χ2n) is 4.85. The third kappa shape index (κ3) is 3.05. The molecule has 1 fully saturated rings. The van der Waals surface area contributed by atoms with Crippen molar-refractivity contribution in [1.82, 2.24) is 4.90 Å². The van der Waals surface area contributed by atoms with E-state index in [0.29, 0.717) is 10.9 Å². The average molecular weight is 293 g/mol. The van der Waals surface area contributed by atoms with Gasteiger partial charge in [0, 0.05) is 19.1 Å². The Morgan fingerprint density at radius 2 is 2.16 bits per heavy atom. The molecule has 1 aliphatic rings.